The lowest BCUT2D eigenvalue weighted by Crippen LogP contribution is -2.17. The minimum Gasteiger partial charge on any atom is -0.403 e. The van der Waals surface area contributed by atoms with Crippen molar-refractivity contribution in [3.8, 4) is 17.6 Å². The topological polar surface area (TPSA) is 9.23 Å². The van der Waals surface area contributed by atoms with Gasteiger partial charge in [-0.05, 0) is 61.8 Å². The molecule has 0 heterocycles. The average molecular weight is 340 g/mol. The molecule has 1 aliphatic carbocycles. The highest BCUT2D eigenvalue weighted by Gasteiger charge is 2.32. The molecule has 0 unspecified atom stereocenters. The van der Waals surface area contributed by atoms with Crippen LogP contribution in [0.5, 0.6) is 5.75 Å². The van der Waals surface area contributed by atoms with Gasteiger partial charge in [-0.1, -0.05) is 31.3 Å². The van der Waals surface area contributed by atoms with E-state index in [4.69, 9.17) is 0 Å². The fourth-order valence-corrected chi connectivity index (χ4v) is 2.88. The van der Waals surface area contributed by atoms with Gasteiger partial charge in [-0.25, -0.2) is 4.39 Å². The van der Waals surface area contributed by atoms with Gasteiger partial charge < -0.3 is 4.74 Å². The summed E-state index contributed by atoms with van der Waals surface area (Å²) in [5.41, 5.74) is 0.307. The fraction of sp³-hybridized carbons (Fsp3) is 0.474. The third-order valence-corrected chi connectivity index (χ3v) is 4.29. The van der Waals surface area contributed by atoms with Crippen LogP contribution >= 0.6 is 0 Å². The van der Waals surface area contributed by atoms with E-state index in [1.807, 2.05) is 0 Å². The van der Waals surface area contributed by atoms with E-state index in [2.05, 4.69) is 29.6 Å². The van der Waals surface area contributed by atoms with E-state index in [-0.39, 0.29) is 0 Å². The molecule has 1 fully saturated rings. The van der Waals surface area contributed by atoms with Gasteiger partial charge in [0.05, 0.1) is 0 Å². The molecule has 24 heavy (non-hydrogen) atoms. The smallest absolute Gasteiger partial charge is 0.403 e. The quantitative estimate of drug-likeness (QED) is 0.495. The number of halogens is 4. The Kier molecular flexibility index (Phi) is 6.30. The van der Waals surface area contributed by atoms with Crippen LogP contribution in [0.15, 0.2) is 30.4 Å². The van der Waals surface area contributed by atoms with Crippen LogP contribution in [0.25, 0.3) is 0 Å². The molecule has 1 aromatic carbocycles. The second-order valence-corrected chi connectivity index (χ2v) is 6.01. The van der Waals surface area contributed by atoms with Crippen LogP contribution in [0.2, 0.25) is 0 Å². The zero-order valence-electron chi connectivity index (χ0n) is 13.5. The molecule has 2 rings (SSSR count). The van der Waals surface area contributed by atoms with E-state index >= 15 is 0 Å². The number of benzene rings is 1. The Balaban J connectivity index is 1.91. The first kappa shape index (κ1) is 18.4. The molecule has 5 heteroatoms. The number of allylic oxidation sites excluding steroid dienone is 2. The monoisotopic (exact) mass is 340 g/mol. The van der Waals surface area contributed by atoms with E-state index < -0.39 is 17.9 Å². The van der Waals surface area contributed by atoms with Gasteiger partial charge in [0, 0.05) is 5.56 Å². The van der Waals surface area contributed by atoms with Crippen LogP contribution in [0.3, 0.4) is 0 Å². The molecule has 1 saturated carbocycles. The maximum absolute atomic E-state index is 13.5. The summed E-state index contributed by atoms with van der Waals surface area (Å²) in [6, 6.07) is 3.17. The zero-order chi connectivity index (χ0) is 17.6. The normalized spacial score (nSPS) is 21.4. The first-order chi connectivity index (χ1) is 11.4. The van der Waals surface area contributed by atoms with Gasteiger partial charge in [-0.3, -0.25) is 0 Å². The minimum absolute atomic E-state index is 0.307. The van der Waals surface area contributed by atoms with E-state index in [1.54, 1.807) is 6.08 Å². The maximum Gasteiger partial charge on any atom is 0.573 e. The summed E-state index contributed by atoms with van der Waals surface area (Å²) in [6.45, 7) is 2.22. The Morgan fingerprint density at radius 3 is 2.50 bits per heavy atom. The summed E-state index contributed by atoms with van der Waals surface area (Å²) >= 11 is 0. The Morgan fingerprint density at radius 2 is 1.92 bits per heavy atom. The van der Waals surface area contributed by atoms with Gasteiger partial charge in [0.25, 0.3) is 0 Å². The number of rotatable bonds is 3. The van der Waals surface area contributed by atoms with Crippen molar-refractivity contribution in [2.75, 3.05) is 0 Å². The lowest BCUT2D eigenvalue weighted by Gasteiger charge is -2.25. The van der Waals surface area contributed by atoms with Crippen molar-refractivity contribution in [2.45, 2.75) is 45.4 Å². The highest BCUT2D eigenvalue weighted by Crippen LogP contribution is 2.31. The van der Waals surface area contributed by atoms with Gasteiger partial charge in [-0.15, -0.1) is 13.2 Å². The molecule has 0 N–H and O–H groups in total. The Bertz CT molecular complexity index is 629. The minimum atomic E-state index is -4.91. The standard InChI is InChI=1S/C19H20F4O/c1-2-14-7-9-15(10-8-14)5-3-4-6-16-11-12-18(17(20)13-16)24-19(21,22)23/h3,5,11-15H,2,7-10H2,1H3/t14-,15-. The van der Waals surface area contributed by atoms with Crippen LogP contribution in [-0.4, -0.2) is 6.36 Å². The van der Waals surface area contributed by atoms with Gasteiger partial charge in [0.1, 0.15) is 0 Å². The van der Waals surface area contributed by atoms with Crippen molar-refractivity contribution in [2.24, 2.45) is 11.8 Å². The largest absolute Gasteiger partial charge is 0.573 e. The van der Waals surface area contributed by atoms with Gasteiger partial charge >= 0.3 is 6.36 Å². The molecule has 0 saturated heterocycles. The SMILES string of the molecule is CC[C@H]1CC[C@H](C=CC#Cc2ccc(OC(F)(F)F)c(F)c2)CC1. The van der Waals surface area contributed by atoms with E-state index in [0.29, 0.717) is 11.5 Å². The van der Waals surface area contributed by atoms with E-state index in [0.717, 1.165) is 30.9 Å². The molecule has 0 aromatic heterocycles. The van der Waals surface area contributed by atoms with Crippen molar-refractivity contribution < 1.29 is 22.3 Å². The predicted molar refractivity (Wildman–Crippen MR) is 84.8 cm³/mol. The molecule has 0 aliphatic heterocycles. The average Bonchev–Trinajstić information content (AvgIpc) is 2.53. The Hall–Kier alpha value is -1.96. The summed E-state index contributed by atoms with van der Waals surface area (Å²) in [5.74, 6) is 4.96. The zero-order valence-corrected chi connectivity index (χ0v) is 13.5. The van der Waals surface area contributed by atoms with E-state index in [9.17, 15) is 17.6 Å². The number of ether oxygens (including phenoxy) is 1. The van der Waals surface area contributed by atoms with Crippen LogP contribution in [0.4, 0.5) is 17.6 Å². The molecule has 0 amide bonds. The highest BCUT2D eigenvalue weighted by atomic mass is 19.4. The third-order valence-electron chi connectivity index (χ3n) is 4.29. The third kappa shape index (κ3) is 5.92. The Morgan fingerprint density at radius 1 is 1.21 bits per heavy atom. The van der Waals surface area contributed by atoms with Gasteiger partial charge in [0.15, 0.2) is 11.6 Å². The molecule has 130 valence electrons. The molecular weight excluding hydrogens is 320 g/mol. The predicted octanol–water partition coefficient (Wildman–Crippen LogP) is 5.85. The molecule has 1 aromatic rings. The first-order valence-electron chi connectivity index (χ1n) is 8.11. The highest BCUT2D eigenvalue weighted by molar-refractivity contribution is 5.41. The molecule has 0 radical (unpaired) electrons. The van der Waals surface area contributed by atoms with Crippen LogP contribution in [-0.2, 0) is 0 Å². The van der Waals surface area contributed by atoms with Crippen molar-refractivity contribution >= 4 is 0 Å². The molecule has 0 spiro atoms. The van der Waals surface area contributed by atoms with Crippen molar-refractivity contribution in [3.05, 3.63) is 41.7 Å². The molecule has 0 bridgehead atoms. The van der Waals surface area contributed by atoms with Crippen molar-refractivity contribution in [1.29, 1.82) is 0 Å². The number of alkyl halides is 3. The second kappa shape index (κ2) is 8.23. The lowest BCUT2D eigenvalue weighted by molar-refractivity contribution is -0.275. The van der Waals surface area contributed by atoms with Crippen LogP contribution < -0.4 is 4.74 Å². The van der Waals surface area contributed by atoms with Crippen molar-refractivity contribution in [3.63, 3.8) is 0 Å². The Labute approximate surface area is 139 Å². The van der Waals surface area contributed by atoms with E-state index in [1.165, 1.54) is 25.3 Å². The maximum atomic E-state index is 13.5. The molecule has 0 atom stereocenters. The van der Waals surface area contributed by atoms with Crippen LogP contribution in [0, 0.1) is 29.5 Å². The summed E-state index contributed by atoms with van der Waals surface area (Å²) in [6.07, 6.45) is 4.94. The van der Waals surface area contributed by atoms with Gasteiger partial charge in [0.2, 0.25) is 0 Å². The number of hydrogen-bond donors (Lipinski definition) is 0. The second-order valence-electron chi connectivity index (χ2n) is 6.01. The lowest BCUT2D eigenvalue weighted by atomic mass is 9.81. The van der Waals surface area contributed by atoms with Crippen LogP contribution in [0.1, 0.15) is 44.6 Å². The number of hydrogen-bond acceptors (Lipinski definition) is 1. The summed E-state index contributed by atoms with van der Waals surface area (Å²) in [7, 11) is 0. The molecular formula is C19H20F4O. The van der Waals surface area contributed by atoms with Crippen molar-refractivity contribution in [1.82, 2.24) is 0 Å². The fourth-order valence-electron chi connectivity index (χ4n) is 2.88. The summed E-state index contributed by atoms with van der Waals surface area (Å²) in [4.78, 5) is 0. The molecule has 1 nitrogen and oxygen atoms in total. The summed E-state index contributed by atoms with van der Waals surface area (Å²) in [5, 5.41) is 0. The summed E-state index contributed by atoms with van der Waals surface area (Å²) < 4.78 is 53.3. The van der Waals surface area contributed by atoms with Gasteiger partial charge in [-0.2, -0.15) is 0 Å². The first-order valence-corrected chi connectivity index (χ1v) is 8.11. The molecule has 1 aliphatic rings.